The van der Waals surface area contributed by atoms with E-state index >= 15 is 0 Å². The van der Waals surface area contributed by atoms with Gasteiger partial charge in [0.05, 0.1) is 17.4 Å². The van der Waals surface area contributed by atoms with Crippen molar-refractivity contribution in [1.29, 1.82) is 0 Å². The van der Waals surface area contributed by atoms with Crippen molar-refractivity contribution in [3.8, 4) is 0 Å². The zero-order valence-electron chi connectivity index (χ0n) is 23.3. The van der Waals surface area contributed by atoms with Crippen LogP contribution in [0.1, 0.15) is 34.6 Å². The fourth-order valence-corrected chi connectivity index (χ4v) is 4.49. The zero-order valence-corrected chi connectivity index (χ0v) is 24.0. The molecule has 0 saturated carbocycles. The molecule has 1 aliphatic heterocycles. The Balaban J connectivity index is 1.22. The SMILES string of the molecule is CC(C)OC(=O)c1cccc(N2C(=O)C(Cl)=C(Nc3ccc(C(=O)Nc4ccc(Nc5ccccc5)cc4)cc3)C2=O)c1. The van der Waals surface area contributed by atoms with Gasteiger partial charge in [0, 0.05) is 28.3 Å². The number of carbonyl (C=O) groups is 4. The third-order valence-corrected chi connectivity index (χ3v) is 6.68. The second-order valence-corrected chi connectivity index (χ2v) is 10.2. The maximum atomic E-state index is 13.2. The topological polar surface area (TPSA) is 117 Å². The largest absolute Gasteiger partial charge is 0.459 e. The summed E-state index contributed by atoms with van der Waals surface area (Å²) < 4.78 is 5.21. The fourth-order valence-electron chi connectivity index (χ4n) is 4.28. The summed E-state index contributed by atoms with van der Waals surface area (Å²) in [6.45, 7) is 3.44. The molecule has 9 nitrogen and oxygen atoms in total. The Kier molecular flexibility index (Phi) is 8.54. The number of para-hydroxylation sites is 1. The molecule has 0 radical (unpaired) electrons. The van der Waals surface area contributed by atoms with Gasteiger partial charge < -0.3 is 20.7 Å². The number of imide groups is 1. The first-order valence-corrected chi connectivity index (χ1v) is 13.8. The minimum Gasteiger partial charge on any atom is -0.459 e. The van der Waals surface area contributed by atoms with E-state index in [1.54, 1.807) is 56.3 Å². The van der Waals surface area contributed by atoms with E-state index in [1.165, 1.54) is 18.2 Å². The average Bonchev–Trinajstić information content (AvgIpc) is 3.21. The second-order valence-electron chi connectivity index (χ2n) is 9.86. The number of amides is 3. The number of carbonyl (C=O) groups excluding carboxylic acids is 4. The van der Waals surface area contributed by atoms with Crippen molar-refractivity contribution >= 4 is 63.7 Å². The fraction of sp³-hybridized carbons (Fsp3) is 0.0909. The summed E-state index contributed by atoms with van der Waals surface area (Å²) in [7, 11) is 0. The Hall–Kier alpha value is -5.41. The summed E-state index contributed by atoms with van der Waals surface area (Å²) in [6.07, 6.45) is -0.329. The minimum atomic E-state index is -0.732. The van der Waals surface area contributed by atoms with Crippen molar-refractivity contribution in [3.05, 3.63) is 125 Å². The second kappa shape index (κ2) is 12.6. The lowest BCUT2D eigenvalue weighted by Gasteiger charge is -2.16. The lowest BCUT2D eigenvalue weighted by atomic mass is 10.1. The van der Waals surface area contributed by atoms with Crippen molar-refractivity contribution in [3.63, 3.8) is 0 Å². The van der Waals surface area contributed by atoms with Gasteiger partial charge in [0.2, 0.25) is 0 Å². The molecule has 0 unspecified atom stereocenters. The molecule has 0 bridgehead atoms. The lowest BCUT2D eigenvalue weighted by molar-refractivity contribution is -0.120. The molecule has 216 valence electrons. The van der Waals surface area contributed by atoms with Gasteiger partial charge in [-0.2, -0.15) is 0 Å². The van der Waals surface area contributed by atoms with Crippen molar-refractivity contribution in [2.75, 3.05) is 20.9 Å². The number of anilines is 5. The normalized spacial score (nSPS) is 12.9. The zero-order chi connectivity index (χ0) is 30.5. The Labute approximate surface area is 253 Å². The molecule has 3 N–H and O–H groups in total. The first kappa shape index (κ1) is 29.1. The summed E-state index contributed by atoms with van der Waals surface area (Å²) in [6, 6.07) is 29.4. The maximum absolute atomic E-state index is 13.2. The van der Waals surface area contributed by atoms with E-state index in [0.717, 1.165) is 16.3 Å². The molecule has 3 amide bonds. The van der Waals surface area contributed by atoms with Crippen LogP contribution in [0, 0.1) is 0 Å². The Morgan fingerprint density at radius 1 is 0.698 bits per heavy atom. The summed E-state index contributed by atoms with van der Waals surface area (Å²) in [5.41, 5.74) is 3.54. The molecule has 4 aromatic carbocycles. The summed E-state index contributed by atoms with van der Waals surface area (Å²) in [4.78, 5) is 52.1. The molecule has 43 heavy (non-hydrogen) atoms. The highest BCUT2D eigenvalue weighted by molar-refractivity contribution is 6.53. The van der Waals surface area contributed by atoms with Crippen molar-refractivity contribution in [2.24, 2.45) is 0 Å². The van der Waals surface area contributed by atoms with Crippen LogP contribution in [0.3, 0.4) is 0 Å². The number of nitrogens with zero attached hydrogens (tertiary/aromatic N) is 1. The van der Waals surface area contributed by atoms with Gasteiger partial charge in [-0.25, -0.2) is 9.69 Å². The number of esters is 1. The van der Waals surface area contributed by atoms with E-state index in [1.807, 2.05) is 42.5 Å². The first-order valence-electron chi connectivity index (χ1n) is 13.4. The molecule has 10 heteroatoms. The predicted octanol–water partition coefficient (Wildman–Crippen LogP) is 6.68. The molecular weight excluding hydrogens is 568 g/mol. The van der Waals surface area contributed by atoms with E-state index in [9.17, 15) is 19.2 Å². The molecule has 0 aliphatic carbocycles. The van der Waals surface area contributed by atoms with Crippen LogP contribution in [-0.4, -0.2) is 29.8 Å². The van der Waals surface area contributed by atoms with E-state index in [4.69, 9.17) is 16.3 Å². The van der Waals surface area contributed by atoms with Crippen LogP contribution in [0.2, 0.25) is 0 Å². The van der Waals surface area contributed by atoms with Gasteiger partial charge in [-0.15, -0.1) is 0 Å². The summed E-state index contributed by atoms with van der Waals surface area (Å²) >= 11 is 6.26. The molecule has 0 aromatic heterocycles. The van der Waals surface area contributed by atoms with Crippen LogP contribution >= 0.6 is 11.6 Å². The van der Waals surface area contributed by atoms with Gasteiger partial charge in [-0.3, -0.25) is 14.4 Å². The highest BCUT2D eigenvalue weighted by Crippen LogP contribution is 2.31. The number of benzene rings is 4. The quantitative estimate of drug-likeness (QED) is 0.146. The minimum absolute atomic E-state index is 0.122. The summed E-state index contributed by atoms with van der Waals surface area (Å²) in [5.74, 6) is -2.31. The lowest BCUT2D eigenvalue weighted by Crippen LogP contribution is -2.32. The van der Waals surface area contributed by atoms with Crippen LogP contribution in [0.25, 0.3) is 0 Å². The Bertz CT molecular complexity index is 1720. The van der Waals surface area contributed by atoms with Gasteiger partial charge in [-0.05, 0) is 92.7 Å². The maximum Gasteiger partial charge on any atom is 0.338 e. The standard InChI is InChI=1S/C33H27ClN4O5/c1-20(2)43-33(42)22-7-6-10-27(19-22)38-31(40)28(34)29(32(38)41)36-25-13-11-21(12-14-25)30(39)37-26-17-15-24(16-18-26)35-23-8-4-3-5-9-23/h3-20,35-36H,1-2H3,(H,37,39). The number of hydrogen-bond acceptors (Lipinski definition) is 7. The Morgan fingerprint density at radius 3 is 1.98 bits per heavy atom. The molecule has 5 rings (SSSR count). The van der Waals surface area contributed by atoms with Crippen LogP contribution in [0.15, 0.2) is 114 Å². The van der Waals surface area contributed by atoms with Gasteiger partial charge in [-0.1, -0.05) is 35.9 Å². The average molecular weight is 595 g/mol. The van der Waals surface area contributed by atoms with Crippen molar-refractivity contribution in [2.45, 2.75) is 20.0 Å². The van der Waals surface area contributed by atoms with E-state index in [-0.39, 0.29) is 34.0 Å². The number of halogens is 1. The predicted molar refractivity (Wildman–Crippen MR) is 167 cm³/mol. The third kappa shape index (κ3) is 6.74. The van der Waals surface area contributed by atoms with E-state index < -0.39 is 17.8 Å². The smallest absolute Gasteiger partial charge is 0.338 e. The molecule has 0 atom stereocenters. The van der Waals surface area contributed by atoms with Gasteiger partial charge in [0.1, 0.15) is 10.7 Å². The molecule has 4 aromatic rings. The highest BCUT2D eigenvalue weighted by Gasteiger charge is 2.39. The van der Waals surface area contributed by atoms with E-state index in [0.29, 0.717) is 16.9 Å². The van der Waals surface area contributed by atoms with Crippen molar-refractivity contribution < 1.29 is 23.9 Å². The molecule has 1 aliphatic rings. The number of rotatable bonds is 9. The molecule has 0 spiro atoms. The first-order chi connectivity index (χ1) is 20.7. The third-order valence-electron chi connectivity index (χ3n) is 6.33. The number of nitrogens with one attached hydrogen (secondary N) is 3. The van der Waals surface area contributed by atoms with Crippen LogP contribution in [-0.2, 0) is 14.3 Å². The molecule has 1 heterocycles. The van der Waals surface area contributed by atoms with Crippen LogP contribution in [0.5, 0.6) is 0 Å². The Morgan fingerprint density at radius 2 is 1.30 bits per heavy atom. The van der Waals surface area contributed by atoms with Crippen LogP contribution in [0.4, 0.5) is 28.4 Å². The molecule has 0 fully saturated rings. The highest BCUT2D eigenvalue weighted by atomic mass is 35.5. The molecular formula is C33H27ClN4O5. The van der Waals surface area contributed by atoms with E-state index in [2.05, 4.69) is 16.0 Å². The van der Waals surface area contributed by atoms with Crippen molar-refractivity contribution in [1.82, 2.24) is 0 Å². The summed E-state index contributed by atoms with van der Waals surface area (Å²) in [5, 5.41) is 8.72. The molecule has 0 saturated heterocycles. The number of hydrogen-bond donors (Lipinski definition) is 3. The number of ether oxygens (including phenoxy) is 1. The monoisotopic (exact) mass is 594 g/mol. The van der Waals surface area contributed by atoms with Gasteiger partial charge in [0.25, 0.3) is 17.7 Å². The van der Waals surface area contributed by atoms with Gasteiger partial charge >= 0.3 is 5.97 Å². The van der Waals surface area contributed by atoms with Crippen LogP contribution < -0.4 is 20.9 Å². The van der Waals surface area contributed by atoms with Gasteiger partial charge in [0.15, 0.2) is 0 Å².